The normalized spacial score (nSPS) is 31.6. The number of aryl methyl sites for hydroxylation is 1. The highest BCUT2D eigenvalue weighted by Crippen LogP contribution is 2.45. The lowest BCUT2D eigenvalue weighted by Crippen LogP contribution is -2.34. The van der Waals surface area contributed by atoms with Gasteiger partial charge in [-0.25, -0.2) is 0 Å². The third kappa shape index (κ3) is 8.16. The van der Waals surface area contributed by atoms with E-state index in [4.69, 9.17) is 5.11 Å². The van der Waals surface area contributed by atoms with Gasteiger partial charge in [0, 0.05) is 13.2 Å². The highest BCUT2D eigenvalue weighted by Gasteiger charge is 2.32. The van der Waals surface area contributed by atoms with E-state index in [0.717, 1.165) is 54.9 Å². The topological polar surface area (TPSA) is 52.5 Å². The van der Waals surface area contributed by atoms with E-state index < -0.39 is 6.23 Å². The number of benzene rings is 1. The maximum Gasteiger partial charge on any atom is 0.123 e. The molecule has 3 heteroatoms. The molecular weight excluding hydrogens is 454 g/mol. The molecule has 0 amide bonds. The summed E-state index contributed by atoms with van der Waals surface area (Å²) in [6.07, 6.45) is 22.1. The Balaban J connectivity index is 1.23. The number of aliphatic hydroxyl groups excluding tert-OH is 2. The van der Waals surface area contributed by atoms with Crippen LogP contribution in [0.5, 0.6) is 0 Å². The maximum absolute atomic E-state index is 9.68. The van der Waals surface area contributed by atoms with Crippen LogP contribution in [0.4, 0.5) is 0 Å². The van der Waals surface area contributed by atoms with Gasteiger partial charge in [-0.3, -0.25) is 5.32 Å². The zero-order chi connectivity index (χ0) is 26.0. The van der Waals surface area contributed by atoms with Crippen molar-refractivity contribution in [1.29, 1.82) is 0 Å². The van der Waals surface area contributed by atoms with E-state index in [1.807, 2.05) is 0 Å². The smallest absolute Gasteiger partial charge is 0.123 e. The molecule has 0 heterocycles. The molecule has 0 bridgehead atoms. The third-order valence-electron chi connectivity index (χ3n) is 10.5. The maximum atomic E-state index is 9.68. The summed E-state index contributed by atoms with van der Waals surface area (Å²) in [6.45, 7) is 7.28. The molecule has 208 valence electrons. The molecule has 3 aliphatic rings. The Morgan fingerprint density at radius 3 is 2.11 bits per heavy atom. The van der Waals surface area contributed by atoms with Crippen molar-refractivity contribution in [2.75, 3.05) is 13.2 Å². The fraction of sp³-hybridized carbons (Fsp3) is 0.765. The fourth-order valence-electron chi connectivity index (χ4n) is 8.05. The van der Waals surface area contributed by atoms with Crippen molar-refractivity contribution in [3.8, 4) is 0 Å². The van der Waals surface area contributed by atoms with Gasteiger partial charge in [-0.2, -0.15) is 0 Å². The lowest BCUT2D eigenvalue weighted by Gasteiger charge is -2.38. The van der Waals surface area contributed by atoms with Gasteiger partial charge in [0.2, 0.25) is 0 Å². The summed E-state index contributed by atoms with van der Waals surface area (Å²) in [5.41, 5.74) is 4.89. The van der Waals surface area contributed by atoms with E-state index in [9.17, 15) is 5.11 Å². The summed E-state index contributed by atoms with van der Waals surface area (Å²) in [6, 6.07) is 7.63. The minimum atomic E-state index is -0.557. The average Bonchev–Trinajstić information content (AvgIpc) is 2.96. The molecule has 0 saturated heterocycles. The molecular formula is C34H55NO2. The predicted molar refractivity (Wildman–Crippen MR) is 156 cm³/mol. The minimum absolute atomic E-state index is 0.352. The molecule has 1 aromatic carbocycles. The number of hydrogen-bond acceptors (Lipinski definition) is 3. The Labute approximate surface area is 227 Å². The van der Waals surface area contributed by atoms with Gasteiger partial charge < -0.3 is 10.2 Å². The van der Waals surface area contributed by atoms with E-state index in [-0.39, 0.29) is 0 Å². The van der Waals surface area contributed by atoms with Crippen molar-refractivity contribution >= 4 is 0 Å². The number of nitrogens with one attached hydrogen (secondary N) is 1. The van der Waals surface area contributed by atoms with Gasteiger partial charge in [0.05, 0.1) is 0 Å². The van der Waals surface area contributed by atoms with Gasteiger partial charge in [-0.15, -0.1) is 0 Å². The van der Waals surface area contributed by atoms with Gasteiger partial charge in [0.1, 0.15) is 6.23 Å². The standard InChI is InChI=1S/C34H55NO2/c1-3-27-23-32(20-21-33(27)31-14-8-25(9-15-31)7-5-6-22-36)30-18-16-29(17-19-30)28-12-10-26(11-13-28)24-35-34(37)4-2/h4,20-21,23,25-26,28-31,34-37H,2-3,5-19,22,24H2,1H3/t25?,26?,28?,29?,30?,31?,34-/m1/s1. The van der Waals surface area contributed by atoms with E-state index in [1.54, 1.807) is 22.8 Å². The van der Waals surface area contributed by atoms with Gasteiger partial charge in [-0.1, -0.05) is 44.5 Å². The van der Waals surface area contributed by atoms with Crippen LogP contribution in [0.2, 0.25) is 0 Å². The van der Waals surface area contributed by atoms with Crippen LogP contribution >= 0.6 is 0 Å². The monoisotopic (exact) mass is 509 g/mol. The second kappa shape index (κ2) is 14.8. The van der Waals surface area contributed by atoms with Gasteiger partial charge >= 0.3 is 0 Å². The molecule has 3 saturated carbocycles. The number of aliphatic hydroxyl groups is 2. The third-order valence-corrected chi connectivity index (χ3v) is 10.5. The molecule has 3 N–H and O–H groups in total. The molecule has 1 aromatic rings. The van der Waals surface area contributed by atoms with Crippen LogP contribution in [0.15, 0.2) is 30.9 Å². The summed E-state index contributed by atoms with van der Waals surface area (Å²) >= 11 is 0. The molecule has 3 aliphatic carbocycles. The molecule has 0 aromatic heterocycles. The summed E-state index contributed by atoms with van der Waals surface area (Å²) in [7, 11) is 0. The first kappa shape index (κ1) is 28.8. The first-order valence-corrected chi connectivity index (χ1v) is 15.9. The molecule has 37 heavy (non-hydrogen) atoms. The fourth-order valence-corrected chi connectivity index (χ4v) is 8.05. The molecule has 4 rings (SSSR count). The SMILES string of the molecule is C=C[C@@H](O)NCC1CCC(C2CCC(c3ccc(C4CCC(CCCCO)CC4)c(CC)c3)CC2)CC1. The van der Waals surface area contributed by atoms with Crippen molar-refractivity contribution < 1.29 is 10.2 Å². The van der Waals surface area contributed by atoms with E-state index in [0.29, 0.717) is 6.61 Å². The van der Waals surface area contributed by atoms with Gasteiger partial charge in [0.25, 0.3) is 0 Å². The highest BCUT2D eigenvalue weighted by molar-refractivity contribution is 5.36. The van der Waals surface area contributed by atoms with Crippen LogP contribution in [0.1, 0.15) is 132 Å². The van der Waals surface area contributed by atoms with Crippen LogP contribution in [0, 0.1) is 23.7 Å². The molecule has 1 atom stereocenters. The van der Waals surface area contributed by atoms with Crippen molar-refractivity contribution in [1.82, 2.24) is 5.32 Å². The first-order valence-electron chi connectivity index (χ1n) is 15.9. The minimum Gasteiger partial charge on any atom is -0.396 e. The summed E-state index contributed by atoms with van der Waals surface area (Å²) < 4.78 is 0. The second-order valence-electron chi connectivity index (χ2n) is 12.7. The largest absolute Gasteiger partial charge is 0.396 e. The second-order valence-corrected chi connectivity index (χ2v) is 12.7. The first-order chi connectivity index (χ1) is 18.1. The molecule has 3 fully saturated rings. The summed E-state index contributed by atoms with van der Waals surface area (Å²) in [5, 5.41) is 21.9. The Bertz CT molecular complexity index is 798. The van der Waals surface area contributed by atoms with Crippen molar-refractivity contribution in [3.63, 3.8) is 0 Å². The van der Waals surface area contributed by atoms with E-state index in [1.165, 1.54) is 89.9 Å². The number of rotatable bonds is 12. The number of unbranched alkanes of at least 4 members (excludes halogenated alkanes) is 1. The molecule has 3 nitrogen and oxygen atoms in total. The van der Waals surface area contributed by atoms with Gasteiger partial charge in [0.15, 0.2) is 0 Å². The zero-order valence-corrected chi connectivity index (χ0v) is 23.7. The predicted octanol–water partition coefficient (Wildman–Crippen LogP) is 7.86. The van der Waals surface area contributed by atoms with Crippen LogP contribution in [0.25, 0.3) is 0 Å². The molecule has 0 radical (unpaired) electrons. The molecule has 0 unspecified atom stereocenters. The zero-order valence-electron chi connectivity index (χ0n) is 23.7. The van der Waals surface area contributed by atoms with Crippen LogP contribution in [-0.4, -0.2) is 29.6 Å². The van der Waals surface area contributed by atoms with Crippen LogP contribution < -0.4 is 5.32 Å². The highest BCUT2D eigenvalue weighted by atomic mass is 16.3. The lowest BCUT2D eigenvalue weighted by molar-refractivity contribution is 0.139. The Hall–Kier alpha value is -1.16. The van der Waals surface area contributed by atoms with Crippen LogP contribution in [0.3, 0.4) is 0 Å². The van der Waals surface area contributed by atoms with E-state index >= 15 is 0 Å². The average molecular weight is 510 g/mol. The van der Waals surface area contributed by atoms with Crippen molar-refractivity contribution in [3.05, 3.63) is 47.5 Å². The Kier molecular flexibility index (Phi) is 11.6. The van der Waals surface area contributed by atoms with Crippen molar-refractivity contribution in [2.24, 2.45) is 23.7 Å². The summed E-state index contributed by atoms with van der Waals surface area (Å²) in [4.78, 5) is 0. The quantitative estimate of drug-likeness (QED) is 0.153. The Morgan fingerprint density at radius 1 is 0.865 bits per heavy atom. The number of hydrogen-bond donors (Lipinski definition) is 3. The van der Waals surface area contributed by atoms with Crippen LogP contribution in [-0.2, 0) is 6.42 Å². The molecule has 0 aliphatic heterocycles. The van der Waals surface area contributed by atoms with Gasteiger partial charge in [-0.05, 0) is 148 Å². The Morgan fingerprint density at radius 2 is 1.49 bits per heavy atom. The summed E-state index contributed by atoms with van der Waals surface area (Å²) in [5.74, 6) is 4.99. The van der Waals surface area contributed by atoms with E-state index in [2.05, 4.69) is 37.0 Å². The molecule has 0 spiro atoms. The lowest BCUT2D eigenvalue weighted by atomic mass is 9.68. The van der Waals surface area contributed by atoms with Crippen molar-refractivity contribution in [2.45, 2.75) is 128 Å².